The molecular formula is C24H17F2N3. The molecule has 1 aromatic heterocycles. The first-order chi connectivity index (χ1) is 14.2. The molecule has 0 aliphatic carbocycles. The summed E-state index contributed by atoms with van der Waals surface area (Å²) in [6, 6.07) is 17.5. The zero-order valence-corrected chi connectivity index (χ0v) is 15.5. The molecule has 1 N–H and O–H groups in total. The molecule has 3 nitrogen and oxygen atoms in total. The van der Waals surface area contributed by atoms with Gasteiger partial charge >= 0.3 is 0 Å². The van der Waals surface area contributed by atoms with E-state index in [9.17, 15) is 4.39 Å². The number of nitrogens with one attached hydrogen (secondary N) is 1. The standard InChI is InChI=1S/C24H17F2N3/c25-19-6-5-15-3-4-16(10-17(15)11-19)20-7-9-27-14-18-12-22(23(26)13-21(18)20)24-2-1-8-28-29-24/h1-8,10-13,27H,9,14H2. The van der Waals surface area contributed by atoms with Gasteiger partial charge < -0.3 is 5.32 Å². The van der Waals surface area contributed by atoms with Gasteiger partial charge in [-0.25, -0.2) is 8.78 Å². The van der Waals surface area contributed by atoms with Crippen LogP contribution in [0.5, 0.6) is 0 Å². The molecule has 1 aliphatic heterocycles. The van der Waals surface area contributed by atoms with Gasteiger partial charge in [0, 0.05) is 24.8 Å². The highest BCUT2D eigenvalue weighted by atomic mass is 19.1. The van der Waals surface area contributed by atoms with Crippen LogP contribution in [0.15, 0.2) is 72.9 Å². The second-order valence-electron chi connectivity index (χ2n) is 7.05. The van der Waals surface area contributed by atoms with Gasteiger partial charge in [0.15, 0.2) is 0 Å². The summed E-state index contributed by atoms with van der Waals surface area (Å²) in [5, 5.41) is 13.0. The zero-order chi connectivity index (χ0) is 19.8. The monoisotopic (exact) mass is 385 g/mol. The van der Waals surface area contributed by atoms with Crippen molar-refractivity contribution in [2.45, 2.75) is 6.54 Å². The highest BCUT2D eigenvalue weighted by Gasteiger charge is 2.18. The van der Waals surface area contributed by atoms with Crippen LogP contribution in [0.25, 0.3) is 27.6 Å². The lowest BCUT2D eigenvalue weighted by atomic mass is 9.91. The van der Waals surface area contributed by atoms with Crippen molar-refractivity contribution >= 4 is 16.3 Å². The first kappa shape index (κ1) is 17.6. The molecule has 0 atom stereocenters. The molecule has 1 aliphatic rings. The van der Waals surface area contributed by atoms with Crippen LogP contribution in [-0.2, 0) is 6.54 Å². The summed E-state index contributed by atoms with van der Waals surface area (Å²) in [7, 11) is 0. The van der Waals surface area contributed by atoms with Crippen LogP contribution in [0.1, 0.15) is 16.7 Å². The molecule has 0 spiro atoms. The number of nitrogens with zero attached hydrogens (tertiary/aromatic N) is 2. The number of aromatic nitrogens is 2. The van der Waals surface area contributed by atoms with Gasteiger partial charge in [-0.1, -0.05) is 24.3 Å². The average molecular weight is 385 g/mol. The molecule has 0 amide bonds. The van der Waals surface area contributed by atoms with Crippen LogP contribution in [0.2, 0.25) is 0 Å². The maximum Gasteiger partial charge on any atom is 0.133 e. The maximum atomic E-state index is 15.0. The molecule has 0 saturated carbocycles. The second-order valence-corrected chi connectivity index (χ2v) is 7.05. The van der Waals surface area contributed by atoms with Crippen LogP contribution in [0.4, 0.5) is 8.78 Å². The molecule has 5 rings (SSSR count). The number of benzene rings is 3. The van der Waals surface area contributed by atoms with Gasteiger partial charge in [-0.05, 0) is 75.5 Å². The minimum atomic E-state index is -0.344. The second kappa shape index (κ2) is 7.18. The Morgan fingerprint density at radius 3 is 2.62 bits per heavy atom. The van der Waals surface area contributed by atoms with Crippen molar-refractivity contribution < 1.29 is 8.78 Å². The molecule has 4 aromatic rings. The Kier molecular flexibility index (Phi) is 4.37. The number of fused-ring (bicyclic) bond motifs is 2. The van der Waals surface area contributed by atoms with Gasteiger partial charge in [-0.15, -0.1) is 0 Å². The summed E-state index contributed by atoms with van der Waals surface area (Å²) in [4.78, 5) is 0. The van der Waals surface area contributed by atoms with E-state index in [1.165, 1.54) is 12.1 Å². The van der Waals surface area contributed by atoms with Crippen LogP contribution in [0.3, 0.4) is 0 Å². The summed E-state index contributed by atoms with van der Waals surface area (Å²) in [5.41, 5.74) is 4.61. The highest BCUT2D eigenvalue weighted by Crippen LogP contribution is 2.34. The van der Waals surface area contributed by atoms with Gasteiger partial charge in [-0.2, -0.15) is 10.2 Å². The molecule has 0 fully saturated rings. The average Bonchev–Trinajstić information content (AvgIpc) is 2.95. The molecule has 0 bridgehead atoms. The molecule has 0 saturated heterocycles. The van der Waals surface area contributed by atoms with E-state index in [0.29, 0.717) is 24.3 Å². The Balaban J connectivity index is 1.65. The number of halogens is 2. The van der Waals surface area contributed by atoms with E-state index in [0.717, 1.165) is 33.0 Å². The normalized spacial score (nSPS) is 13.7. The van der Waals surface area contributed by atoms with Gasteiger partial charge in [0.2, 0.25) is 0 Å². The number of hydrogen-bond donors (Lipinski definition) is 1. The third-order valence-electron chi connectivity index (χ3n) is 5.21. The van der Waals surface area contributed by atoms with Crippen molar-refractivity contribution in [3.63, 3.8) is 0 Å². The summed E-state index contributed by atoms with van der Waals surface area (Å²) in [6.07, 6.45) is 3.61. The van der Waals surface area contributed by atoms with Crippen LogP contribution >= 0.6 is 0 Å². The Hall–Kier alpha value is -3.44. The topological polar surface area (TPSA) is 37.8 Å². The smallest absolute Gasteiger partial charge is 0.133 e. The molecule has 29 heavy (non-hydrogen) atoms. The summed E-state index contributed by atoms with van der Waals surface area (Å²) < 4.78 is 28.7. The van der Waals surface area contributed by atoms with Crippen molar-refractivity contribution in [1.82, 2.24) is 15.5 Å². The van der Waals surface area contributed by atoms with E-state index in [-0.39, 0.29) is 11.6 Å². The summed E-state index contributed by atoms with van der Waals surface area (Å²) in [5.74, 6) is -0.616. The SMILES string of the molecule is Fc1ccc2ccc(C3=CCNCc4cc(-c5cccnn5)c(F)cc43)cc2c1. The van der Waals surface area contributed by atoms with Crippen molar-refractivity contribution in [1.29, 1.82) is 0 Å². The molecule has 0 unspecified atom stereocenters. The molecule has 142 valence electrons. The fraction of sp³-hybridized carbons (Fsp3) is 0.0833. The summed E-state index contributed by atoms with van der Waals surface area (Å²) in [6.45, 7) is 1.28. The minimum absolute atomic E-state index is 0.272. The number of hydrogen-bond acceptors (Lipinski definition) is 3. The molecule has 0 radical (unpaired) electrons. The van der Waals surface area contributed by atoms with Gasteiger partial charge in [0.25, 0.3) is 0 Å². The minimum Gasteiger partial charge on any atom is -0.309 e. The molecule has 5 heteroatoms. The van der Waals surface area contributed by atoms with Crippen LogP contribution in [0, 0.1) is 11.6 Å². The Bertz CT molecular complexity index is 1250. The molecule has 3 aromatic carbocycles. The first-order valence-corrected chi connectivity index (χ1v) is 9.40. The van der Waals surface area contributed by atoms with E-state index >= 15 is 4.39 Å². The van der Waals surface area contributed by atoms with Crippen molar-refractivity contribution in [2.75, 3.05) is 6.54 Å². The van der Waals surface area contributed by atoms with Gasteiger partial charge in [0.05, 0.1) is 5.69 Å². The molecular weight excluding hydrogens is 368 g/mol. The maximum absolute atomic E-state index is 15.0. The predicted octanol–water partition coefficient (Wildman–Crippen LogP) is 5.11. The predicted molar refractivity (Wildman–Crippen MR) is 110 cm³/mol. The quantitative estimate of drug-likeness (QED) is 0.521. The fourth-order valence-corrected chi connectivity index (χ4v) is 3.81. The van der Waals surface area contributed by atoms with E-state index in [1.54, 1.807) is 30.5 Å². The van der Waals surface area contributed by atoms with E-state index in [4.69, 9.17) is 0 Å². The van der Waals surface area contributed by atoms with Crippen LogP contribution < -0.4 is 5.32 Å². The van der Waals surface area contributed by atoms with E-state index in [2.05, 4.69) is 15.5 Å². The third-order valence-corrected chi connectivity index (χ3v) is 5.21. The largest absolute Gasteiger partial charge is 0.309 e. The lowest BCUT2D eigenvalue weighted by Gasteiger charge is -2.14. The Morgan fingerprint density at radius 1 is 0.862 bits per heavy atom. The third kappa shape index (κ3) is 3.30. The van der Waals surface area contributed by atoms with Gasteiger partial charge in [0.1, 0.15) is 11.6 Å². The van der Waals surface area contributed by atoms with Crippen molar-refractivity contribution in [3.05, 3.63) is 101 Å². The lowest BCUT2D eigenvalue weighted by molar-refractivity contribution is 0.628. The number of rotatable bonds is 2. The Labute approximate surface area is 166 Å². The van der Waals surface area contributed by atoms with Crippen LogP contribution in [-0.4, -0.2) is 16.7 Å². The highest BCUT2D eigenvalue weighted by molar-refractivity contribution is 5.90. The lowest BCUT2D eigenvalue weighted by Crippen LogP contribution is -2.11. The van der Waals surface area contributed by atoms with Crippen molar-refractivity contribution in [3.8, 4) is 11.3 Å². The van der Waals surface area contributed by atoms with E-state index in [1.807, 2.05) is 30.3 Å². The molecule has 2 heterocycles. The summed E-state index contributed by atoms with van der Waals surface area (Å²) >= 11 is 0. The fourth-order valence-electron chi connectivity index (χ4n) is 3.81. The van der Waals surface area contributed by atoms with E-state index < -0.39 is 0 Å². The zero-order valence-electron chi connectivity index (χ0n) is 15.5. The first-order valence-electron chi connectivity index (χ1n) is 9.40. The van der Waals surface area contributed by atoms with Gasteiger partial charge in [-0.3, -0.25) is 0 Å². The van der Waals surface area contributed by atoms with Crippen molar-refractivity contribution in [2.24, 2.45) is 0 Å². The Morgan fingerprint density at radius 2 is 1.76 bits per heavy atom.